The van der Waals surface area contributed by atoms with Gasteiger partial charge in [0.1, 0.15) is 12.3 Å². The molecule has 0 radical (unpaired) electrons. The smallest absolute Gasteiger partial charge is 0.294 e. The Morgan fingerprint density at radius 3 is 2.69 bits per heavy atom. The Balaban J connectivity index is 1.70. The Labute approximate surface area is 154 Å². The van der Waals surface area contributed by atoms with Crippen LogP contribution in [0, 0.1) is 6.92 Å². The van der Waals surface area contributed by atoms with Crippen molar-refractivity contribution in [2.75, 3.05) is 11.9 Å². The molecule has 0 bridgehead atoms. The molecule has 3 amide bonds. The van der Waals surface area contributed by atoms with Crippen molar-refractivity contribution in [1.29, 1.82) is 0 Å². The molecule has 0 atom stereocenters. The average molecular weight is 368 g/mol. The number of hydrogen-bond acceptors (Lipinski definition) is 5. The summed E-state index contributed by atoms with van der Waals surface area (Å²) >= 11 is 0.770. The second-order valence-electron chi connectivity index (χ2n) is 5.78. The molecule has 3 rings (SSSR count). The quantitative estimate of drug-likeness (QED) is 0.808. The maximum Gasteiger partial charge on any atom is 0.294 e. The van der Waals surface area contributed by atoms with Crippen molar-refractivity contribution in [3.8, 4) is 5.75 Å². The van der Waals surface area contributed by atoms with Gasteiger partial charge >= 0.3 is 0 Å². The fourth-order valence-corrected chi connectivity index (χ4v) is 3.31. The lowest BCUT2D eigenvalue weighted by Crippen LogP contribution is -2.36. The standard InChI is InChI=1S/C19H16N2O4S/c1-12-4-2-6-14(8-12)20-17(23)11-21-18(24)16(26-19(21)25)10-13-5-3-7-15(22)9-13/h2-10,22H,11H2,1H3,(H,20,23)/b16-10+. The van der Waals surface area contributed by atoms with Gasteiger partial charge in [-0.15, -0.1) is 0 Å². The summed E-state index contributed by atoms with van der Waals surface area (Å²) in [5, 5.41) is 11.7. The van der Waals surface area contributed by atoms with Crippen molar-refractivity contribution in [2.45, 2.75) is 6.92 Å². The number of benzene rings is 2. The maximum absolute atomic E-state index is 12.4. The molecule has 2 aromatic rings. The van der Waals surface area contributed by atoms with E-state index in [-0.39, 0.29) is 17.2 Å². The molecule has 0 spiro atoms. The molecule has 1 fully saturated rings. The number of phenols is 1. The van der Waals surface area contributed by atoms with Crippen LogP contribution < -0.4 is 5.32 Å². The van der Waals surface area contributed by atoms with Gasteiger partial charge in [-0.1, -0.05) is 24.3 Å². The third kappa shape index (κ3) is 4.12. The summed E-state index contributed by atoms with van der Waals surface area (Å²) in [4.78, 5) is 37.8. The van der Waals surface area contributed by atoms with E-state index in [1.807, 2.05) is 19.1 Å². The van der Waals surface area contributed by atoms with E-state index in [0.717, 1.165) is 22.2 Å². The van der Waals surface area contributed by atoms with Crippen molar-refractivity contribution >= 4 is 40.6 Å². The molecule has 1 aliphatic heterocycles. The molecule has 0 saturated carbocycles. The normalized spacial score (nSPS) is 15.6. The Bertz CT molecular complexity index is 923. The number of anilines is 1. The first-order valence-electron chi connectivity index (χ1n) is 7.83. The Hall–Kier alpha value is -3.06. The average Bonchev–Trinajstić information content (AvgIpc) is 2.82. The van der Waals surface area contributed by atoms with E-state index in [0.29, 0.717) is 11.3 Å². The van der Waals surface area contributed by atoms with Gasteiger partial charge in [0.15, 0.2) is 0 Å². The van der Waals surface area contributed by atoms with Gasteiger partial charge in [-0.25, -0.2) is 0 Å². The number of carbonyl (C=O) groups excluding carboxylic acids is 3. The van der Waals surface area contributed by atoms with E-state index in [9.17, 15) is 19.5 Å². The van der Waals surface area contributed by atoms with Gasteiger partial charge in [0, 0.05) is 5.69 Å². The number of carbonyl (C=O) groups is 3. The summed E-state index contributed by atoms with van der Waals surface area (Å²) in [6, 6.07) is 13.6. The van der Waals surface area contributed by atoms with Crippen molar-refractivity contribution in [1.82, 2.24) is 4.90 Å². The highest BCUT2D eigenvalue weighted by Crippen LogP contribution is 2.32. The predicted octanol–water partition coefficient (Wildman–Crippen LogP) is 3.38. The number of amides is 3. The molecule has 0 aromatic heterocycles. The number of hydrogen-bond donors (Lipinski definition) is 2. The monoisotopic (exact) mass is 368 g/mol. The van der Waals surface area contributed by atoms with Crippen LogP contribution in [0.3, 0.4) is 0 Å². The molecule has 0 aliphatic carbocycles. The molecule has 2 aromatic carbocycles. The summed E-state index contributed by atoms with van der Waals surface area (Å²) in [6.07, 6.45) is 1.52. The topological polar surface area (TPSA) is 86.7 Å². The maximum atomic E-state index is 12.4. The Morgan fingerprint density at radius 1 is 1.19 bits per heavy atom. The van der Waals surface area contributed by atoms with Gasteiger partial charge in [-0.2, -0.15) is 0 Å². The first-order valence-corrected chi connectivity index (χ1v) is 8.65. The molecule has 1 heterocycles. The van der Waals surface area contributed by atoms with Crippen LogP contribution in [0.15, 0.2) is 53.4 Å². The van der Waals surface area contributed by atoms with Crippen LogP contribution in [0.25, 0.3) is 6.08 Å². The number of nitrogens with one attached hydrogen (secondary N) is 1. The summed E-state index contributed by atoms with van der Waals surface area (Å²) in [5.74, 6) is -0.908. The number of aryl methyl sites for hydroxylation is 1. The van der Waals surface area contributed by atoms with Crippen LogP contribution in [0.1, 0.15) is 11.1 Å². The molecular weight excluding hydrogens is 352 g/mol. The van der Waals surface area contributed by atoms with Crippen LogP contribution in [0.2, 0.25) is 0 Å². The van der Waals surface area contributed by atoms with Crippen LogP contribution in [-0.2, 0) is 9.59 Å². The zero-order valence-corrected chi connectivity index (χ0v) is 14.7. The van der Waals surface area contributed by atoms with Crippen molar-refractivity contribution in [3.63, 3.8) is 0 Å². The first-order chi connectivity index (χ1) is 12.4. The number of thioether (sulfide) groups is 1. The molecule has 7 heteroatoms. The van der Waals surface area contributed by atoms with Gasteiger partial charge in [0.2, 0.25) is 5.91 Å². The number of nitrogens with zero attached hydrogens (tertiary/aromatic N) is 1. The van der Waals surface area contributed by atoms with E-state index in [1.165, 1.54) is 18.2 Å². The van der Waals surface area contributed by atoms with Crippen molar-refractivity contribution in [2.24, 2.45) is 0 Å². The summed E-state index contributed by atoms with van der Waals surface area (Å²) in [5.41, 5.74) is 2.19. The van der Waals surface area contributed by atoms with E-state index in [4.69, 9.17) is 0 Å². The third-order valence-electron chi connectivity index (χ3n) is 3.65. The molecule has 26 heavy (non-hydrogen) atoms. The summed E-state index contributed by atoms with van der Waals surface area (Å²) in [7, 11) is 0. The van der Waals surface area contributed by atoms with Crippen LogP contribution in [-0.4, -0.2) is 33.6 Å². The lowest BCUT2D eigenvalue weighted by atomic mass is 10.2. The molecule has 1 aliphatic rings. The van der Waals surface area contributed by atoms with E-state index in [2.05, 4.69) is 5.32 Å². The van der Waals surface area contributed by atoms with Gasteiger partial charge in [-0.3, -0.25) is 19.3 Å². The number of aromatic hydroxyl groups is 1. The van der Waals surface area contributed by atoms with E-state index >= 15 is 0 Å². The number of phenolic OH excluding ortho intramolecular Hbond substituents is 1. The lowest BCUT2D eigenvalue weighted by molar-refractivity contribution is -0.127. The molecule has 0 unspecified atom stereocenters. The highest BCUT2D eigenvalue weighted by molar-refractivity contribution is 8.18. The van der Waals surface area contributed by atoms with E-state index in [1.54, 1.807) is 24.3 Å². The van der Waals surface area contributed by atoms with Crippen molar-refractivity contribution in [3.05, 3.63) is 64.6 Å². The Kier molecular flexibility index (Phi) is 5.09. The molecule has 6 nitrogen and oxygen atoms in total. The van der Waals surface area contributed by atoms with E-state index < -0.39 is 17.1 Å². The Morgan fingerprint density at radius 2 is 1.96 bits per heavy atom. The largest absolute Gasteiger partial charge is 0.508 e. The zero-order valence-electron chi connectivity index (χ0n) is 13.9. The fourth-order valence-electron chi connectivity index (χ4n) is 2.47. The fraction of sp³-hybridized carbons (Fsp3) is 0.105. The second kappa shape index (κ2) is 7.45. The second-order valence-corrected chi connectivity index (χ2v) is 6.77. The molecular formula is C19H16N2O4S. The highest BCUT2D eigenvalue weighted by Gasteiger charge is 2.36. The minimum atomic E-state index is -0.525. The summed E-state index contributed by atoms with van der Waals surface area (Å²) < 4.78 is 0. The zero-order chi connectivity index (χ0) is 18.7. The minimum Gasteiger partial charge on any atom is -0.508 e. The van der Waals surface area contributed by atoms with Crippen LogP contribution >= 0.6 is 11.8 Å². The van der Waals surface area contributed by atoms with Gasteiger partial charge < -0.3 is 10.4 Å². The predicted molar refractivity (Wildman–Crippen MR) is 101 cm³/mol. The van der Waals surface area contributed by atoms with Crippen molar-refractivity contribution < 1.29 is 19.5 Å². The summed E-state index contributed by atoms with van der Waals surface area (Å²) in [6.45, 7) is 1.55. The minimum absolute atomic E-state index is 0.0653. The third-order valence-corrected chi connectivity index (χ3v) is 4.55. The molecule has 1 saturated heterocycles. The van der Waals surface area contributed by atoms with Gasteiger partial charge in [0.05, 0.1) is 4.91 Å². The SMILES string of the molecule is Cc1cccc(NC(=O)CN2C(=O)S/C(=C/c3cccc(O)c3)C2=O)c1. The van der Waals surface area contributed by atoms with Gasteiger partial charge in [0.25, 0.3) is 11.1 Å². The highest BCUT2D eigenvalue weighted by atomic mass is 32.2. The van der Waals surface area contributed by atoms with Crippen LogP contribution in [0.5, 0.6) is 5.75 Å². The lowest BCUT2D eigenvalue weighted by Gasteiger charge is -2.12. The number of imide groups is 1. The number of rotatable bonds is 4. The first kappa shape index (κ1) is 17.8. The van der Waals surface area contributed by atoms with Crippen LogP contribution in [0.4, 0.5) is 10.5 Å². The van der Waals surface area contributed by atoms with Gasteiger partial charge in [-0.05, 0) is 60.2 Å². The molecule has 132 valence electrons. The molecule has 2 N–H and O–H groups in total.